The van der Waals surface area contributed by atoms with Crippen LogP contribution in [0.3, 0.4) is 0 Å². The number of carbonyl (C=O) groups excluding carboxylic acids is 1. The number of carbonyl (C=O) groups is 1. The first-order valence-electron chi connectivity index (χ1n) is 6.32. The van der Waals surface area contributed by atoms with Gasteiger partial charge in [-0.3, -0.25) is 9.89 Å². The van der Waals surface area contributed by atoms with Crippen molar-refractivity contribution in [3.05, 3.63) is 11.3 Å². The van der Waals surface area contributed by atoms with Crippen molar-refractivity contribution in [3.63, 3.8) is 0 Å². The van der Waals surface area contributed by atoms with Gasteiger partial charge in [0.25, 0.3) is 0 Å². The molecule has 0 spiro atoms. The van der Waals surface area contributed by atoms with E-state index in [1.165, 1.54) is 17.7 Å². The Labute approximate surface area is 101 Å². The maximum absolute atomic E-state index is 11.2. The zero-order chi connectivity index (χ0) is 11.8. The molecule has 17 heavy (non-hydrogen) atoms. The van der Waals surface area contributed by atoms with Gasteiger partial charge in [0.15, 0.2) is 5.82 Å². The van der Waals surface area contributed by atoms with Crippen molar-refractivity contribution in [2.24, 2.45) is 0 Å². The summed E-state index contributed by atoms with van der Waals surface area (Å²) in [7, 11) is 0. The van der Waals surface area contributed by atoms with Crippen LogP contribution in [0, 0.1) is 6.92 Å². The highest BCUT2D eigenvalue weighted by Gasteiger charge is 2.27. The number of aromatic nitrogens is 2. The van der Waals surface area contributed by atoms with Crippen LogP contribution in [-0.4, -0.2) is 35.2 Å². The molecule has 1 atom stereocenters. The van der Waals surface area contributed by atoms with E-state index in [4.69, 9.17) is 0 Å². The number of aromatic amines is 1. The molecular formula is C12H18N4O. The number of amides is 1. The Morgan fingerprint density at radius 1 is 1.47 bits per heavy atom. The van der Waals surface area contributed by atoms with E-state index in [2.05, 4.69) is 27.3 Å². The second kappa shape index (κ2) is 4.05. The third-order valence-corrected chi connectivity index (χ3v) is 3.73. The van der Waals surface area contributed by atoms with Crippen molar-refractivity contribution < 1.29 is 4.79 Å². The highest BCUT2D eigenvalue weighted by Crippen LogP contribution is 2.27. The Balaban J connectivity index is 1.74. The lowest BCUT2D eigenvalue weighted by Gasteiger charge is -2.30. The number of nitrogens with zero attached hydrogens (tertiary/aromatic N) is 2. The lowest BCUT2D eigenvalue weighted by atomic mass is 10.0. The number of hydrogen-bond acceptors (Lipinski definition) is 3. The normalized spacial score (nSPS) is 23.7. The maximum atomic E-state index is 11.2. The number of fused-ring (bicyclic) bond motifs is 1. The molecule has 1 saturated heterocycles. The van der Waals surface area contributed by atoms with Crippen LogP contribution < -0.4 is 10.2 Å². The van der Waals surface area contributed by atoms with Crippen LogP contribution in [0.1, 0.15) is 30.5 Å². The lowest BCUT2D eigenvalue weighted by molar-refractivity contribution is -0.119. The van der Waals surface area contributed by atoms with E-state index in [-0.39, 0.29) is 5.91 Å². The molecule has 0 saturated carbocycles. The highest BCUT2D eigenvalue weighted by molar-refractivity contribution is 5.78. The first-order chi connectivity index (χ1) is 8.24. The van der Waals surface area contributed by atoms with Crippen LogP contribution in [0.25, 0.3) is 0 Å². The average molecular weight is 234 g/mol. The van der Waals surface area contributed by atoms with E-state index in [0.29, 0.717) is 12.5 Å². The molecule has 5 nitrogen and oxygen atoms in total. The van der Waals surface area contributed by atoms with Gasteiger partial charge in [0.05, 0.1) is 0 Å². The number of nitrogens with one attached hydrogen (secondary N) is 2. The minimum Gasteiger partial charge on any atom is -0.353 e. The van der Waals surface area contributed by atoms with Crippen LogP contribution in [-0.2, 0) is 11.2 Å². The van der Waals surface area contributed by atoms with Gasteiger partial charge in [-0.15, -0.1) is 0 Å². The van der Waals surface area contributed by atoms with Gasteiger partial charge in [0, 0.05) is 36.8 Å². The molecule has 1 amide bonds. The van der Waals surface area contributed by atoms with Gasteiger partial charge < -0.3 is 10.2 Å². The Hall–Kier alpha value is -1.52. The Bertz CT molecular complexity index is 440. The smallest absolute Gasteiger partial charge is 0.220 e. The SMILES string of the molecule is Cc1[nH]nc2c1CCCN2C[C@@H]1CCC(=O)N1. The van der Waals surface area contributed by atoms with Crippen LogP contribution >= 0.6 is 0 Å². The van der Waals surface area contributed by atoms with Crippen molar-refractivity contribution in [2.45, 2.75) is 38.6 Å². The van der Waals surface area contributed by atoms with Crippen molar-refractivity contribution in [2.75, 3.05) is 18.0 Å². The summed E-state index contributed by atoms with van der Waals surface area (Å²) < 4.78 is 0. The van der Waals surface area contributed by atoms with Gasteiger partial charge >= 0.3 is 0 Å². The summed E-state index contributed by atoms with van der Waals surface area (Å²) in [5.74, 6) is 1.28. The number of hydrogen-bond donors (Lipinski definition) is 2. The number of anilines is 1. The van der Waals surface area contributed by atoms with Gasteiger partial charge in [-0.1, -0.05) is 0 Å². The molecule has 0 aromatic carbocycles. The predicted molar refractivity (Wildman–Crippen MR) is 65.0 cm³/mol. The first-order valence-corrected chi connectivity index (χ1v) is 6.32. The molecule has 1 aromatic heterocycles. The number of rotatable bonds is 2. The molecule has 92 valence electrons. The summed E-state index contributed by atoms with van der Waals surface area (Å²) in [4.78, 5) is 13.5. The van der Waals surface area contributed by atoms with Gasteiger partial charge in [-0.05, 0) is 26.2 Å². The zero-order valence-electron chi connectivity index (χ0n) is 10.1. The predicted octanol–water partition coefficient (Wildman–Crippen LogP) is 0.749. The van der Waals surface area contributed by atoms with E-state index in [0.717, 1.165) is 31.7 Å². The average Bonchev–Trinajstić information content (AvgIpc) is 2.88. The molecule has 0 bridgehead atoms. The van der Waals surface area contributed by atoms with Crippen molar-refractivity contribution in [1.29, 1.82) is 0 Å². The van der Waals surface area contributed by atoms with Gasteiger partial charge in [0.1, 0.15) is 0 Å². The lowest BCUT2D eigenvalue weighted by Crippen LogP contribution is -2.41. The molecule has 0 unspecified atom stereocenters. The van der Waals surface area contributed by atoms with E-state index >= 15 is 0 Å². The second-order valence-electron chi connectivity index (χ2n) is 5.00. The van der Waals surface area contributed by atoms with Crippen LogP contribution in [0.4, 0.5) is 5.82 Å². The molecule has 2 aliphatic heterocycles. The first kappa shape index (κ1) is 10.6. The molecular weight excluding hydrogens is 216 g/mol. The minimum absolute atomic E-state index is 0.186. The van der Waals surface area contributed by atoms with Crippen LogP contribution in [0.15, 0.2) is 0 Å². The fourth-order valence-electron chi connectivity index (χ4n) is 2.81. The maximum Gasteiger partial charge on any atom is 0.220 e. The van der Waals surface area contributed by atoms with E-state index < -0.39 is 0 Å². The van der Waals surface area contributed by atoms with E-state index in [1.54, 1.807) is 0 Å². The summed E-state index contributed by atoms with van der Waals surface area (Å²) in [5, 5.41) is 10.5. The molecule has 5 heteroatoms. The van der Waals surface area contributed by atoms with Gasteiger partial charge in [-0.2, -0.15) is 5.10 Å². The fourth-order valence-corrected chi connectivity index (χ4v) is 2.81. The molecule has 2 N–H and O–H groups in total. The topological polar surface area (TPSA) is 61.0 Å². The number of aryl methyl sites for hydroxylation is 1. The van der Waals surface area contributed by atoms with Crippen molar-refractivity contribution in [1.82, 2.24) is 15.5 Å². The molecule has 0 aliphatic carbocycles. The minimum atomic E-state index is 0.186. The Morgan fingerprint density at radius 3 is 3.12 bits per heavy atom. The zero-order valence-corrected chi connectivity index (χ0v) is 10.1. The summed E-state index contributed by atoms with van der Waals surface area (Å²) in [6, 6.07) is 0.297. The summed E-state index contributed by atoms with van der Waals surface area (Å²) in [5.41, 5.74) is 2.53. The largest absolute Gasteiger partial charge is 0.353 e. The quantitative estimate of drug-likeness (QED) is 0.793. The molecule has 3 rings (SSSR count). The molecule has 2 aliphatic rings. The van der Waals surface area contributed by atoms with E-state index in [9.17, 15) is 4.79 Å². The van der Waals surface area contributed by atoms with Gasteiger partial charge in [0.2, 0.25) is 5.91 Å². The standard InChI is InChI=1S/C12H18N4O/c1-8-10-3-2-6-16(12(10)15-14-8)7-9-4-5-11(17)13-9/h9H,2-7H2,1H3,(H,13,17)(H,14,15)/t9-/m0/s1. The molecule has 1 fully saturated rings. The monoisotopic (exact) mass is 234 g/mol. The van der Waals surface area contributed by atoms with Crippen molar-refractivity contribution >= 4 is 11.7 Å². The van der Waals surface area contributed by atoms with Crippen molar-refractivity contribution in [3.8, 4) is 0 Å². The highest BCUT2D eigenvalue weighted by atomic mass is 16.1. The molecule has 0 radical (unpaired) electrons. The molecule has 1 aromatic rings. The number of H-pyrrole nitrogens is 1. The summed E-state index contributed by atoms with van der Waals surface area (Å²) in [6.45, 7) is 4.01. The van der Waals surface area contributed by atoms with E-state index in [1.807, 2.05) is 0 Å². The van der Waals surface area contributed by atoms with Gasteiger partial charge in [-0.25, -0.2) is 0 Å². The second-order valence-corrected chi connectivity index (χ2v) is 5.00. The van der Waals surface area contributed by atoms with Crippen LogP contribution in [0.2, 0.25) is 0 Å². The third-order valence-electron chi connectivity index (χ3n) is 3.73. The Kier molecular flexibility index (Phi) is 2.53. The summed E-state index contributed by atoms with van der Waals surface area (Å²) >= 11 is 0. The summed E-state index contributed by atoms with van der Waals surface area (Å²) in [6.07, 6.45) is 3.91. The molecule has 3 heterocycles. The Morgan fingerprint density at radius 2 is 2.35 bits per heavy atom. The fraction of sp³-hybridized carbons (Fsp3) is 0.667. The van der Waals surface area contributed by atoms with Crippen LogP contribution in [0.5, 0.6) is 0 Å². The third kappa shape index (κ3) is 1.90.